The van der Waals surface area contributed by atoms with Gasteiger partial charge in [-0.2, -0.15) is 0 Å². The van der Waals surface area contributed by atoms with Crippen LogP contribution in [-0.4, -0.2) is 25.1 Å². The average Bonchev–Trinajstić information content (AvgIpc) is 3.26. The minimum atomic E-state index is -0.166. The number of halogens is 1. The second-order valence-electron chi connectivity index (χ2n) is 4.79. The number of ether oxygens (including phenoxy) is 1. The molecule has 1 amide bonds. The van der Waals surface area contributed by atoms with Crippen molar-refractivity contribution in [1.82, 2.24) is 10.6 Å². The molecular weight excluding hydrogens is 276 g/mol. The van der Waals surface area contributed by atoms with Crippen LogP contribution < -0.4 is 15.4 Å². The van der Waals surface area contributed by atoms with Crippen LogP contribution >= 0.6 is 11.6 Å². The fourth-order valence-electron chi connectivity index (χ4n) is 1.75. The molecule has 0 atom stereocenters. The van der Waals surface area contributed by atoms with Crippen LogP contribution in [-0.2, 0) is 11.3 Å². The first-order chi connectivity index (χ1) is 9.69. The van der Waals surface area contributed by atoms with Crippen LogP contribution in [0.5, 0.6) is 5.75 Å². The van der Waals surface area contributed by atoms with E-state index >= 15 is 0 Å². The summed E-state index contributed by atoms with van der Waals surface area (Å²) in [5.41, 5.74) is 0.973. The lowest BCUT2D eigenvalue weighted by Crippen LogP contribution is -2.29. The number of hydrogen-bond acceptors (Lipinski definition) is 3. The third-order valence-electron chi connectivity index (χ3n) is 2.98. The SMILES string of the molecule is C=CCNC(=O)COc1ccc(Cl)cc1CNC1CC1. The van der Waals surface area contributed by atoms with Crippen molar-refractivity contribution in [3.8, 4) is 5.75 Å². The fourth-order valence-corrected chi connectivity index (χ4v) is 1.94. The maximum Gasteiger partial charge on any atom is 0.258 e. The van der Waals surface area contributed by atoms with Gasteiger partial charge in [0.25, 0.3) is 5.91 Å². The summed E-state index contributed by atoms with van der Waals surface area (Å²) in [6, 6.07) is 6.04. The summed E-state index contributed by atoms with van der Waals surface area (Å²) in [5, 5.41) is 6.75. The van der Waals surface area contributed by atoms with E-state index in [2.05, 4.69) is 17.2 Å². The van der Waals surface area contributed by atoms with Gasteiger partial charge in [0.15, 0.2) is 6.61 Å². The number of carbonyl (C=O) groups excluding carboxylic acids is 1. The molecule has 1 aliphatic rings. The van der Waals surface area contributed by atoms with E-state index < -0.39 is 0 Å². The molecule has 1 aromatic carbocycles. The Hall–Kier alpha value is -1.52. The Balaban J connectivity index is 1.90. The van der Waals surface area contributed by atoms with Crippen molar-refractivity contribution >= 4 is 17.5 Å². The van der Waals surface area contributed by atoms with Gasteiger partial charge in [-0.3, -0.25) is 4.79 Å². The summed E-state index contributed by atoms with van der Waals surface area (Å²) in [5.74, 6) is 0.525. The number of hydrogen-bond donors (Lipinski definition) is 2. The summed E-state index contributed by atoms with van der Waals surface area (Å²) in [7, 11) is 0. The van der Waals surface area contributed by atoms with Crippen molar-refractivity contribution in [3.63, 3.8) is 0 Å². The lowest BCUT2D eigenvalue weighted by atomic mass is 10.2. The molecule has 108 valence electrons. The third-order valence-corrected chi connectivity index (χ3v) is 3.22. The number of amides is 1. The highest BCUT2D eigenvalue weighted by Crippen LogP contribution is 2.25. The molecule has 1 saturated carbocycles. The lowest BCUT2D eigenvalue weighted by Gasteiger charge is -2.12. The number of benzene rings is 1. The van der Waals surface area contributed by atoms with Crippen LogP contribution in [0.25, 0.3) is 0 Å². The molecule has 4 nitrogen and oxygen atoms in total. The smallest absolute Gasteiger partial charge is 0.258 e. The molecule has 0 spiro atoms. The largest absolute Gasteiger partial charge is 0.483 e. The van der Waals surface area contributed by atoms with E-state index in [-0.39, 0.29) is 12.5 Å². The molecular formula is C15H19ClN2O2. The second kappa shape index (κ2) is 7.31. The highest BCUT2D eigenvalue weighted by Gasteiger charge is 2.20. The summed E-state index contributed by atoms with van der Waals surface area (Å²) in [6.45, 7) is 4.68. The van der Waals surface area contributed by atoms with Crippen molar-refractivity contribution in [2.24, 2.45) is 0 Å². The summed E-state index contributed by atoms with van der Waals surface area (Å²) in [6.07, 6.45) is 4.08. The van der Waals surface area contributed by atoms with Gasteiger partial charge in [0.05, 0.1) is 0 Å². The van der Waals surface area contributed by atoms with Crippen molar-refractivity contribution in [2.45, 2.75) is 25.4 Å². The Morgan fingerprint density at radius 2 is 2.30 bits per heavy atom. The normalized spacial score (nSPS) is 13.8. The van der Waals surface area contributed by atoms with Gasteiger partial charge in [-0.25, -0.2) is 0 Å². The van der Waals surface area contributed by atoms with Crippen molar-refractivity contribution in [3.05, 3.63) is 41.4 Å². The zero-order valence-electron chi connectivity index (χ0n) is 11.3. The zero-order valence-corrected chi connectivity index (χ0v) is 12.1. The van der Waals surface area contributed by atoms with Gasteiger partial charge in [0.2, 0.25) is 0 Å². The first-order valence-electron chi connectivity index (χ1n) is 6.71. The molecule has 0 bridgehead atoms. The molecule has 1 fully saturated rings. The topological polar surface area (TPSA) is 50.4 Å². The fraction of sp³-hybridized carbons (Fsp3) is 0.400. The van der Waals surface area contributed by atoms with Crippen molar-refractivity contribution < 1.29 is 9.53 Å². The Bertz CT molecular complexity index is 487. The van der Waals surface area contributed by atoms with E-state index in [1.165, 1.54) is 12.8 Å². The predicted molar refractivity (Wildman–Crippen MR) is 80.0 cm³/mol. The van der Waals surface area contributed by atoms with Gasteiger partial charge < -0.3 is 15.4 Å². The number of nitrogens with one attached hydrogen (secondary N) is 2. The number of rotatable bonds is 8. The predicted octanol–water partition coefficient (Wildman–Crippen LogP) is 2.27. The van der Waals surface area contributed by atoms with Crippen LogP contribution in [0.3, 0.4) is 0 Å². The number of carbonyl (C=O) groups is 1. The van der Waals surface area contributed by atoms with Crippen LogP contribution in [0.1, 0.15) is 18.4 Å². The Morgan fingerprint density at radius 3 is 3.00 bits per heavy atom. The van der Waals surface area contributed by atoms with Crippen molar-refractivity contribution in [1.29, 1.82) is 0 Å². The molecule has 2 rings (SSSR count). The second-order valence-corrected chi connectivity index (χ2v) is 5.23. The lowest BCUT2D eigenvalue weighted by molar-refractivity contribution is -0.122. The van der Waals surface area contributed by atoms with Crippen molar-refractivity contribution in [2.75, 3.05) is 13.2 Å². The standard InChI is InChI=1S/C15H19ClN2O2/c1-2-7-17-15(19)10-20-14-6-3-12(16)8-11(14)9-18-13-4-5-13/h2-3,6,8,13,18H,1,4-5,7,9-10H2,(H,17,19). The van der Waals surface area contributed by atoms with Crippen LogP contribution in [0.15, 0.2) is 30.9 Å². The minimum Gasteiger partial charge on any atom is -0.483 e. The molecule has 0 aliphatic heterocycles. The zero-order chi connectivity index (χ0) is 14.4. The van der Waals surface area contributed by atoms with E-state index in [0.29, 0.717) is 29.9 Å². The molecule has 1 aliphatic carbocycles. The Kier molecular flexibility index (Phi) is 5.44. The van der Waals surface area contributed by atoms with E-state index in [9.17, 15) is 4.79 Å². The summed E-state index contributed by atoms with van der Waals surface area (Å²) in [4.78, 5) is 11.5. The molecule has 0 saturated heterocycles. The van der Waals surface area contributed by atoms with E-state index in [1.54, 1.807) is 18.2 Å². The van der Waals surface area contributed by atoms with Crippen LogP contribution in [0, 0.1) is 0 Å². The molecule has 2 N–H and O–H groups in total. The van der Waals surface area contributed by atoms with Crippen LogP contribution in [0.4, 0.5) is 0 Å². The minimum absolute atomic E-state index is 0.00803. The highest BCUT2D eigenvalue weighted by atomic mass is 35.5. The molecule has 1 aromatic rings. The highest BCUT2D eigenvalue weighted by molar-refractivity contribution is 6.30. The van der Waals surface area contributed by atoms with Gasteiger partial charge in [0, 0.05) is 29.7 Å². The first-order valence-corrected chi connectivity index (χ1v) is 7.09. The third kappa shape index (κ3) is 4.87. The van der Waals surface area contributed by atoms with Gasteiger partial charge >= 0.3 is 0 Å². The monoisotopic (exact) mass is 294 g/mol. The maximum atomic E-state index is 11.5. The molecule has 0 heterocycles. The van der Waals surface area contributed by atoms with E-state index in [1.807, 2.05) is 6.07 Å². The first kappa shape index (κ1) is 14.9. The molecule has 5 heteroatoms. The van der Waals surface area contributed by atoms with Gasteiger partial charge in [-0.1, -0.05) is 17.7 Å². The quantitative estimate of drug-likeness (QED) is 0.723. The van der Waals surface area contributed by atoms with Gasteiger partial charge in [-0.15, -0.1) is 6.58 Å². The van der Waals surface area contributed by atoms with Gasteiger partial charge in [-0.05, 0) is 31.0 Å². The average molecular weight is 295 g/mol. The molecule has 0 radical (unpaired) electrons. The molecule has 0 unspecified atom stereocenters. The Labute approximate surface area is 124 Å². The van der Waals surface area contributed by atoms with E-state index in [0.717, 1.165) is 5.56 Å². The Morgan fingerprint density at radius 1 is 1.50 bits per heavy atom. The maximum absolute atomic E-state index is 11.5. The molecule has 0 aromatic heterocycles. The molecule has 20 heavy (non-hydrogen) atoms. The van der Waals surface area contributed by atoms with E-state index in [4.69, 9.17) is 16.3 Å². The van der Waals surface area contributed by atoms with Crippen LogP contribution in [0.2, 0.25) is 5.02 Å². The summed E-state index contributed by atoms with van der Waals surface area (Å²) >= 11 is 6.01. The summed E-state index contributed by atoms with van der Waals surface area (Å²) < 4.78 is 5.56. The van der Waals surface area contributed by atoms with Gasteiger partial charge in [0.1, 0.15) is 5.75 Å².